The summed E-state index contributed by atoms with van der Waals surface area (Å²) in [6.45, 7) is 13.4. The summed E-state index contributed by atoms with van der Waals surface area (Å²) in [5.74, 6) is 1.63. The van der Waals surface area contributed by atoms with Crippen molar-refractivity contribution in [3.05, 3.63) is 12.2 Å². The van der Waals surface area contributed by atoms with Crippen molar-refractivity contribution in [2.75, 3.05) is 0 Å². The first-order valence-corrected chi connectivity index (χ1v) is 5.08. The van der Waals surface area contributed by atoms with Crippen molar-refractivity contribution < 1.29 is 0 Å². The van der Waals surface area contributed by atoms with Gasteiger partial charge in [0.15, 0.2) is 0 Å². The lowest BCUT2D eigenvalue weighted by molar-refractivity contribution is 0.148. The fourth-order valence-electron chi connectivity index (χ4n) is 2.68. The van der Waals surface area contributed by atoms with E-state index < -0.39 is 0 Å². The van der Waals surface area contributed by atoms with Gasteiger partial charge < -0.3 is 0 Å². The molecule has 0 aromatic heterocycles. The molecule has 1 aliphatic carbocycles. The van der Waals surface area contributed by atoms with E-state index in [0.29, 0.717) is 5.41 Å². The Labute approximate surface area is 77.1 Å². The molecule has 70 valence electrons. The van der Waals surface area contributed by atoms with Crippen LogP contribution in [-0.4, -0.2) is 0 Å². The third-order valence-electron chi connectivity index (χ3n) is 3.33. The van der Waals surface area contributed by atoms with Crippen LogP contribution in [0.4, 0.5) is 0 Å². The van der Waals surface area contributed by atoms with E-state index >= 15 is 0 Å². The van der Waals surface area contributed by atoms with Crippen molar-refractivity contribution >= 4 is 0 Å². The summed E-state index contributed by atoms with van der Waals surface area (Å²) in [5, 5.41) is 0. The van der Waals surface area contributed by atoms with Gasteiger partial charge >= 0.3 is 0 Å². The molecule has 0 aliphatic heterocycles. The summed E-state index contributed by atoms with van der Waals surface area (Å²) in [5.41, 5.74) is 1.96. The summed E-state index contributed by atoms with van der Waals surface area (Å²) in [7, 11) is 0. The topological polar surface area (TPSA) is 0 Å². The molecular weight excluding hydrogens is 144 g/mol. The van der Waals surface area contributed by atoms with Crippen LogP contribution >= 0.6 is 0 Å². The van der Waals surface area contributed by atoms with Crippen molar-refractivity contribution in [1.82, 2.24) is 0 Å². The Kier molecular flexibility index (Phi) is 2.65. The largest absolute Gasteiger partial charge is 0.0999 e. The molecular formula is C12H22. The lowest BCUT2D eigenvalue weighted by Gasteiger charge is -2.39. The third-order valence-corrected chi connectivity index (χ3v) is 3.33. The van der Waals surface area contributed by atoms with Crippen molar-refractivity contribution in [1.29, 1.82) is 0 Å². The second-order valence-electron chi connectivity index (χ2n) is 5.34. The van der Waals surface area contributed by atoms with Crippen LogP contribution in [0.1, 0.15) is 47.0 Å². The Balaban J connectivity index is 2.60. The minimum atomic E-state index is 0.575. The first-order valence-electron chi connectivity index (χ1n) is 5.08. The Hall–Kier alpha value is -0.260. The van der Waals surface area contributed by atoms with Gasteiger partial charge in [0.1, 0.15) is 0 Å². The van der Waals surface area contributed by atoms with Crippen molar-refractivity contribution in [2.24, 2.45) is 17.3 Å². The molecule has 0 radical (unpaired) electrons. The number of hydrogen-bond donors (Lipinski definition) is 0. The maximum atomic E-state index is 4.08. The minimum absolute atomic E-state index is 0.575. The van der Waals surface area contributed by atoms with Crippen LogP contribution in [0.25, 0.3) is 0 Å². The molecule has 1 aliphatic rings. The maximum Gasteiger partial charge on any atom is -0.0183 e. The van der Waals surface area contributed by atoms with Gasteiger partial charge in [-0.3, -0.25) is 0 Å². The summed E-state index contributed by atoms with van der Waals surface area (Å²) < 4.78 is 0. The highest BCUT2D eigenvalue weighted by Gasteiger charge is 2.32. The molecule has 0 nitrogen and oxygen atoms in total. The van der Waals surface area contributed by atoms with Crippen LogP contribution in [0, 0.1) is 17.3 Å². The van der Waals surface area contributed by atoms with Crippen LogP contribution in [-0.2, 0) is 0 Å². The van der Waals surface area contributed by atoms with Gasteiger partial charge in [0.25, 0.3) is 0 Å². The standard InChI is InChI=1S/C12H22/c1-9(2)11-6-7-12(4,5)8-10(11)3/h10-11H,1,6-8H2,2-5H3/t10?,11-/m1/s1. The minimum Gasteiger partial charge on any atom is -0.0999 e. The zero-order valence-electron chi connectivity index (χ0n) is 8.98. The quantitative estimate of drug-likeness (QED) is 0.516. The van der Waals surface area contributed by atoms with Gasteiger partial charge in [-0.05, 0) is 43.4 Å². The van der Waals surface area contributed by atoms with E-state index in [4.69, 9.17) is 0 Å². The Bertz CT molecular complexity index is 176. The molecule has 0 bridgehead atoms. The van der Waals surface area contributed by atoms with Crippen LogP contribution in [0.2, 0.25) is 0 Å². The Morgan fingerprint density at radius 1 is 1.42 bits per heavy atom. The number of rotatable bonds is 1. The second-order valence-corrected chi connectivity index (χ2v) is 5.34. The fourth-order valence-corrected chi connectivity index (χ4v) is 2.68. The van der Waals surface area contributed by atoms with E-state index in [-0.39, 0.29) is 0 Å². The lowest BCUT2D eigenvalue weighted by atomic mass is 9.66. The molecule has 0 spiro atoms. The van der Waals surface area contributed by atoms with Crippen molar-refractivity contribution in [3.8, 4) is 0 Å². The normalized spacial score (nSPS) is 34.7. The molecule has 1 saturated carbocycles. The zero-order valence-corrected chi connectivity index (χ0v) is 8.98. The van der Waals surface area contributed by atoms with Gasteiger partial charge in [-0.1, -0.05) is 32.9 Å². The predicted molar refractivity (Wildman–Crippen MR) is 55.1 cm³/mol. The molecule has 0 N–H and O–H groups in total. The van der Waals surface area contributed by atoms with Crippen LogP contribution < -0.4 is 0 Å². The molecule has 0 heteroatoms. The van der Waals surface area contributed by atoms with E-state index in [1.165, 1.54) is 24.8 Å². The smallest absolute Gasteiger partial charge is 0.0183 e. The molecule has 1 unspecified atom stereocenters. The number of hydrogen-bond acceptors (Lipinski definition) is 0. The van der Waals surface area contributed by atoms with Gasteiger partial charge in [-0.15, -0.1) is 0 Å². The summed E-state index contributed by atoms with van der Waals surface area (Å²) >= 11 is 0. The molecule has 0 saturated heterocycles. The molecule has 1 rings (SSSR count). The molecule has 0 heterocycles. The van der Waals surface area contributed by atoms with E-state index in [9.17, 15) is 0 Å². The summed E-state index contributed by atoms with van der Waals surface area (Å²) in [4.78, 5) is 0. The first-order chi connectivity index (χ1) is 5.42. The van der Waals surface area contributed by atoms with Gasteiger partial charge in [0, 0.05) is 0 Å². The molecule has 0 aromatic carbocycles. The van der Waals surface area contributed by atoms with Crippen molar-refractivity contribution in [3.63, 3.8) is 0 Å². The van der Waals surface area contributed by atoms with Gasteiger partial charge in [0.2, 0.25) is 0 Å². The highest BCUT2D eigenvalue weighted by Crippen LogP contribution is 2.43. The monoisotopic (exact) mass is 166 g/mol. The van der Waals surface area contributed by atoms with Crippen molar-refractivity contribution in [2.45, 2.75) is 47.0 Å². The molecule has 1 fully saturated rings. The van der Waals surface area contributed by atoms with E-state index in [2.05, 4.69) is 34.3 Å². The first kappa shape index (κ1) is 9.83. The maximum absolute atomic E-state index is 4.08. The Morgan fingerprint density at radius 2 is 2.00 bits per heavy atom. The fraction of sp³-hybridized carbons (Fsp3) is 0.833. The van der Waals surface area contributed by atoms with Crippen LogP contribution in [0.3, 0.4) is 0 Å². The lowest BCUT2D eigenvalue weighted by Crippen LogP contribution is -2.28. The van der Waals surface area contributed by atoms with E-state index in [1.807, 2.05) is 0 Å². The van der Waals surface area contributed by atoms with Crippen LogP contribution in [0.5, 0.6) is 0 Å². The third kappa shape index (κ3) is 2.12. The van der Waals surface area contributed by atoms with Crippen LogP contribution in [0.15, 0.2) is 12.2 Å². The highest BCUT2D eigenvalue weighted by atomic mass is 14.4. The SMILES string of the molecule is C=C(C)[C@H]1CCC(C)(C)CC1C. The van der Waals surface area contributed by atoms with Gasteiger partial charge in [-0.25, -0.2) is 0 Å². The zero-order chi connectivity index (χ0) is 9.35. The molecule has 2 atom stereocenters. The highest BCUT2D eigenvalue weighted by molar-refractivity contribution is 5.01. The average Bonchev–Trinajstić information content (AvgIpc) is 1.83. The molecule has 12 heavy (non-hydrogen) atoms. The predicted octanol–water partition coefficient (Wildman–Crippen LogP) is 4.02. The molecule has 0 amide bonds. The second kappa shape index (κ2) is 3.24. The summed E-state index contributed by atoms with van der Waals surface area (Å²) in [6, 6.07) is 0. The Morgan fingerprint density at radius 3 is 2.42 bits per heavy atom. The number of allylic oxidation sites excluding steroid dienone is 1. The summed E-state index contributed by atoms with van der Waals surface area (Å²) in [6.07, 6.45) is 4.09. The average molecular weight is 166 g/mol. The van der Waals surface area contributed by atoms with E-state index in [0.717, 1.165) is 11.8 Å². The van der Waals surface area contributed by atoms with Gasteiger partial charge in [-0.2, -0.15) is 0 Å². The molecule has 0 aromatic rings. The van der Waals surface area contributed by atoms with Gasteiger partial charge in [0.05, 0.1) is 0 Å². The van der Waals surface area contributed by atoms with E-state index in [1.54, 1.807) is 0 Å².